The van der Waals surface area contributed by atoms with Gasteiger partial charge in [-0.1, -0.05) is 0 Å². The first kappa shape index (κ1) is 30.5. The lowest BCUT2D eigenvalue weighted by molar-refractivity contribution is -0.384. The summed E-state index contributed by atoms with van der Waals surface area (Å²) in [6.07, 6.45) is -0.468. The molecule has 40 heavy (non-hydrogen) atoms. The van der Waals surface area contributed by atoms with Crippen LogP contribution in [0.4, 0.5) is 16.2 Å². The fourth-order valence-corrected chi connectivity index (χ4v) is 5.81. The number of amides is 2. The van der Waals surface area contributed by atoms with E-state index in [0.717, 1.165) is 28.6 Å². The Balaban J connectivity index is 1.96. The number of hydrogen-bond donors (Lipinski definition) is 0. The molecule has 216 valence electrons. The maximum Gasteiger partial charge on any atom is 0.414 e. The molecule has 0 radical (unpaired) electrons. The molecule has 0 bridgehead atoms. The number of ether oxygens (including phenoxy) is 2. The SMILES string of the molecule is CC(C)OC(=O)[C@H](C)N(C(=O)[C@@H]1CCCN1S(=O)(=O)c1ccc([N+](=O)[O-])cc1)c1ccc(OC(=O)N(C)C)cc1. The lowest BCUT2D eigenvalue weighted by atomic mass is 10.1. The Labute approximate surface area is 232 Å². The molecule has 0 aliphatic carbocycles. The number of esters is 1. The first-order valence-electron chi connectivity index (χ1n) is 12.5. The largest absolute Gasteiger partial charge is 0.461 e. The van der Waals surface area contributed by atoms with Gasteiger partial charge in [0, 0.05) is 38.5 Å². The third-order valence-corrected chi connectivity index (χ3v) is 8.07. The number of anilines is 1. The number of nitro groups is 1. The van der Waals surface area contributed by atoms with Crippen molar-refractivity contribution >= 4 is 39.4 Å². The van der Waals surface area contributed by atoms with Crippen LogP contribution in [-0.4, -0.2) is 79.3 Å². The van der Waals surface area contributed by atoms with E-state index in [9.17, 15) is 32.9 Å². The minimum Gasteiger partial charge on any atom is -0.461 e. The fourth-order valence-electron chi connectivity index (χ4n) is 4.16. The van der Waals surface area contributed by atoms with Crippen molar-refractivity contribution in [3.63, 3.8) is 0 Å². The van der Waals surface area contributed by atoms with E-state index in [1.807, 2.05) is 0 Å². The van der Waals surface area contributed by atoms with Gasteiger partial charge in [-0.15, -0.1) is 0 Å². The van der Waals surface area contributed by atoms with E-state index in [1.165, 1.54) is 55.1 Å². The molecule has 14 heteroatoms. The number of sulfonamides is 1. The Morgan fingerprint density at radius 2 is 1.62 bits per heavy atom. The van der Waals surface area contributed by atoms with Gasteiger partial charge in [-0.2, -0.15) is 4.31 Å². The summed E-state index contributed by atoms with van der Waals surface area (Å²) in [7, 11) is -1.15. The highest BCUT2D eigenvalue weighted by molar-refractivity contribution is 7.89. The topological polar surface area (TPSA) is 157 Å². The molecule has 2 aromatic rings. The predicted octanol–water partition coefficient (Wildman–Crippen LogP) is 3.18. The van der Waals surface area contributed by atoms with Gasteiger partial charge in [-0.3, -0.25) is 19.8 Å². The second kappa shape index (κ2) is 12.4. The molecule has 1 aliphatic rings. The molecular weight excluding hydrogens is 544 g/mol. The maximum atomic E-state index is 14.0. The number of rotatable bonds is 9. The Bertz CT molecular complexity index is 1360. The van der Waals surface area contributed by atoms with Gasteiger partial charge in [0.15, 0.2) is 0 Å². The fraction of sp³-hybridized carbons (Fsp3) is 0.423. The molecule has 0 N–H and O–H groups in total. The average molecular weight is 577 g/mol. The normalized spacial score (nSPS) is 16.3. The summed E-state index contributed by atoms with van der Waals surface area (Å²) in [5.74, 6) is -1.13. The molecule has 0 unspecified atom stereocenters. The van der Waals surface area contributed by atoms with Crippen LogP contribution in [-0.2, 0) is 24.3 Å². The molecule has 13 nitrogen and oxygen atoms in total. The predicted molar refractivity (Wildman–Crippen MR) is 144 cm³/mol. The number of nitrogens with zero attached hydrogens (tertiary/aromatic N) is 4. The third kappa shape index (κ3) is 6.74. The average Bonchev–Trinajstić information content (AvgIpc) is 3.40. The number of carbonyl (C=O) groups is 3. The smallest absolute Gasteiger partial charge is 0.414 e. The minimum atomic E-state index is -4.20. The van der Waals surface area contributed by atoms with Gasteiger partial charge < -0.3 is 14.4 Å². The highest BCUT2D eigenvalue weighted by atomic mass is 32.2. The Morgan fingerprint density at radius 3 is 2.15 bits per heavy atom. The van der Waals surface area contributed by atoms with Gasteiger partial charge in [0.25, 0.3) is 5.69 Å². The number of carbonyl (C=O) groups excluding carboxylic acids is 3. The molecule has 2 atom stereocenters. The summed E-state index contributed by atoms with van der Waals surface area (Å²) in [5.41, 5.74) is -0.00110. The quantitative estimate of drug-likeness (QED) is 0.248. The van der Waals surface area contributed by atoms with Crippen LogP contribution in [0.5, 0.6) is 5.75 Å². The van der Waals surface area contributed by atoms with E-state index in [-0.39, 0.29) is 35.0 Å². The van der Waals surface area contributed by atoms with Crippen molar-refractivity contribution in [2.24, 2.45) is 0 Å². The Kier molecular flexibility index (Phi) is 9.48. The van der Waals surface area contributed by atoms with Crippen molar-refractivity contribution in [1.29, 1.82) is 0 Å². The second-order valence-electron chi connectivity index (χ2n) is 9.65. The van der Waals surface area contributed by atoms with Crippen LogP contribution >= 0.6 is 0 Å². The zero-order valence-corrected chi connectivity index (χ0v) is 23.7. The van der Waals surface area contributed by atoms with Crippen molar-refractivity contribution < 1.29 is 37.2 Å². The molecule has 1 aliphatic heterocycles. The third-order valence-electron chi connectivity index (χ3n) is 6.15. The van der Waals surface area contributed by atoms with Gasteiger partial charge in [-0.05, 0) is 70.0 Å². The standard InChI is InChI=1S/C26H32N4O9S/c1-17(2)38-25(32)18(3)29(19-8-12-21(13-9-19)39-26(33)27(4)5)24(31)23-7-6-16-28(23)40(36,37)22-14-10-20(11-15-22)30(34)35/h8-15,17-18,23H,6-7,16H2,1-5H3/t18-,23-/m0/s1. The van der Waals surface area contributed by atoms with E-state index in [2.05, 4.69) is 0 Å². The maximum absolute atomic E-state index is 14.0. The van der Waals surface area contributed by atoms with Gasteiger partial charge in [0.1, 0.15) is 17.8 Å². The molecule has 0 spiro atoms. The highest BCUT2D eigenvalue weighted by Crippen LogP contribution is 2.31. The van der Waals surface area contributed by atoms with Crippen LogP contribution in [0.25, 0.3) is 0 Å². The Morgan fingerprint density at radius 1 is 1.02 bits per heavy atom. The lowest BCUT2D eigenvalue weighted by Gasteiger charge is -2.33. The van der Waals surface area contributed by atoms with Crippen molar-refractivity contribution in [1.82, 2.24) is 9.21 Å². The lowest BCUT2D eigenvalue weighted by Crippen LogP contribution is -2.53. The Hall–Kier alpha value is -4.04. The van der Waals surface area contributed by atoms with Crippen molar-refractivity contribution in [3.8, 4) is 5.75 Å². The van der Waals surface area contributed by atoms with Crippen LogP contribution in [0.15, 0.2) is 53.4 Å². The highest BCUT2D eigenvalue weighted by Gasteiger charge is 2.43. The summed E-state index contributed by atoms with van der Waals surface area (Å²) in [6, 6.07) is 8.05. The molecule has 1 fully saturated rings. The van der Waals surface area contributed by atoms with Gasteiger partial charge in [0.2, 0.25) is 15.9 Å². The van der Waals surface area contributed by atoms with Gasteiger partial charge in [-0.25, -0.2) is 18.0 Å². The van der Waals surface area contributed by atoms with Gasteiger partial charge >= 0.3 is 12.1 Å². The number of nitro benzene ring substituents is 1. The summed E-state index contributed by atoms with van der Waals surface area (Å²) in [6.45, 7) is 4.86. The molecule has 0 aromatic heterocycles. The number of hydrogen-bond acceptors (Lipinski definition) is 9. The van der Waals surface area contributed by atoms with Crippen LogP contribution in [0.2, 0.25) is 0 Å². The van der Waals surface area contributed by atoms with Gasteiger partial charge in [0.05, 0.1) is 15.9 Å². The van der Waals surface area contributed by atoms with Crippen molar-refractivity contribution in [2.45, 2.75) is 56.7 Å². The number of benzene rings is 2. The van der Waals surface area contributed by atoms with Crippen LogP contribution < -0.4 is 9.64 Å². The van der Waals surface area contributed by atoms with E-state index >= 15 is 0 Å². The van der Waals surface area contributed by atoms with E-state index < -0.39 is 51.1 Å². The van der Waals surface area contributed by atoms with Crippen LogP contribution in [0.3, 0.4) is 0 Å². The van der Waals surface area contributed by atoms with Crippen LogP contribution in [0, 0.1) is 10.1 Å². The first-order valence-corrected chi connectivity index (χ1v) is 14.0. The van der Waals surface area contributed by atoms with E-state index in [1.54, 1.807) is 13.8 Å². The number of non-ortho nitro benzene ring substituents is 1. The van der Waals surface area contributed by atoms with E-state index in [0.29, 0.717) is 6.42 Å². The summed E-state index contributed by atoms with van der Waals surface area (Å²) >= 11 is 0. The molecule has 1 heterocycles. The van der Waals surface area contributed by atoms with Crippen molar-refractivity contribution in [3.05, 3.63) is 58.6 Å². The zero-order valence-electron chi connectivity index (χ0n) is 22.8. The molecule has 0 saturated carbocycles. The summed E-state index contributed by atoms with van der Waals surface area (Å²) in [4.78, 5) is 51.4. The molecule has 1 saturated heterocycles. The summed E-state index contributed by atoms with van der Waals surface area (Å²) < 4.78 is 38.6. The first-order chi connectivity index (χ1) is 18.7. The van der Waals surface area contributed by atoms with Crippen molar-refractivity contribution in [2.75, 3.05) is 25.5 Å². The van der Waals surface area contributed by atoms with E-state index in [4.69, 9.17) is 9.47 Å². The second-order valence-corrected chi connectivity index (χ2v) is 11.5. The monoisotopic (exact) mass is 576 g/mol. The zero-order chi connectivity index (χ0) is 29.8. The molecule has 3 rings (SSSR count). The minimum absolute atomic E-state index is 0.0494. The molecule has 2 aromatic carbocycles. The summed E-state index contributed by atoms with van der Waals surface area (Å²) in [5, 5.41) is 11.0. The molecule has 2 amide bonds. The van der Waals surface area contributed by atoms with Crippen LogP contribution in [0.1, 0.15) is 33.6 Å². The molecular formula is C26H32N4O9S.